The SMILES string of the molecule is COCCCc1nc(C(F)(F)F)c(CN)s1. The first kappa shape index (κ1) is 13.4. The number of nitrogens with zero attached hydrogens (tertiary/aromatic N) is 1. The van der Waals surface area contributed by atoms with Crippen LogP contribution in [0.3, 0.4) is 0 Å². The van der Waals surface area contributed by atoms with Gasteiger partial charge in [0.25, 0.3) is 0 Å². The van der Waals surface area contributed by atoms with Gasteiger partial charge in [-0.1, -0.05) is 0 Å². The number of rotatable bonds is 5. The van der Waals surface area contributed by atoms with Crippen LogP contribution in [0.5, 0.6) is 0 Å². The fourth-order valence-corrected chi connectivity index (χ4v) is 2.24. The van der Waals surface area contributed by atoms with E-state index in [-0.39, 0.29) is 11.4 Å². The van der Waals surface area contributed by atoms with Gasteiger partial charge >= 0.3 is 6.18 Å². The lowest BCUT2D eigenvalue weighted by Crippen LogP contribution is -2.10. The lowest BCUT2D eigenvalue weighted by atomic mass is 10.3. The molecule has 7 heteroatoms. The molecule has 1 aromatic heterocycles. The van der Waals surface area contributed by atoms with E-state index in [1.807, 2.05) is 0 Å². The van der Waals surface area contributed by atoms with Gasteiger partial charge in [0.1, 0.15) is 0 Å². The summed E-state index contributed by atoms with van der Waals surface area (Å²) < 4.78 is 42.3. The van der Waals surface area contributed by atoms with Crippen molar-refractivity contribution in [2.75, 3.05) is 13.7 Å². The highest BCUT2D eigenvalue weighted by molar-refractivity contribution is 7.11. The van der Waals surface area contributed by atoms with Gasteiger partial charge in [0.2, 0.25) is 0 Å². The third kappa shape index (κ3) is 3.43. The van der Waals surface area contributed by atoms with Gasteiger partial charge in [-0.05, 0) is 6.42 Å². The third-order valence-electron chi connectivity index (χ3n) is 1.93. The average Bonchev–Trinajstić information content (AvgIpc) is 2.61. The topological polar surface area (TPSA) is 48.1 Å². The fourth-order valence-electron chi connectivity index (χ4n) is 1.23. The molecule has 92 valence electrons. The van der Waals surface area contributed by atoms with Crippen LogP contribution in [0.4, 0.5) is 13.2 Å². The average molecular weight is 254 g/mol. The van der Waals surface area contributed by atoms with Gasteiger partial charge in [0.05, 0.1) is 9.88 Å². The van der Waals surface area contributed by atoms with Crippen LogP contribution < -0.4 is 5.73 Å². The Morgan fingerprint density at radius 1 is 1.44 bits per heavy atom. The van der Waals surface area contributed by atoms with Gasteiger partial charge in [0.15, 0.2) is 5.69 Å². The van der Waals surface area contributed by atoms with Crippen molar-refractivity contribution in [1.82, 2.24) is 4.98 Å². The number of halogens is 3. The van der Waals surface area contributed by atoms with E-state index in [2.05, 4.69) is 4.98 Å². The van der Waals surface area contributed by atoms with Gasteiger partial charge in [-0.15, -0.1) is 11.3 Å². The number of hydrogen-bond donors (Lipinski definition) is 1. The van der Waals surface area contributed by atoms with Crippen LogP contribution >= 0.6 is 11.3 Å². The van der Waals surface area contributed by atoms with E-state index in [4.69, 9.17) is 10.5 Å². The van der Waals surface area contributed by atoms with Crippen LogP contribution in [0, 0.1) is 0 Å². The molecule has 1 heterocycles. The third-order valence-corrected chi connectivity index (χ3v) is 3.07. The maximum absolute atomic E-state index is 12.5. The minimum atomic E-state index is -4.41. The predicted molar refractivity (Wildman–Crippen MR) is 55.2 cm³/mol. The maximum atomic E-state index is 12.5. The Hall–Kier alpha value is -0.660. The van der Waals surface area contributed by atoms with Crippen LogP contribution in [0.2, 0.25) is 0 Å². The van der Waals surface area contributed by atoms with Crippen molar-refractivity contribution in [2.24, 2.45) is 5.73 Å². The molecule has 0 bridgehead atoms. The molecule has 0 saturated carbocycles. The molecule has 3 nitrogen and oxygen atoms in total. The summed E-state index contributed by atoms with van der Waals surface area (Å²) >= 11 is 1.03. The van der Waals surface area contributed by atoms with Crippen molar-refractivity contribution in [2.45, 2.75) is 25.6 Å². The monoisotopic (exact) mass is 254 g/mol. The van der Waals surface area contributed by atoms with Crippen molar-refractivity contribution in [3.8, 4) is 0 Å². The molecule has 0 aliphatic rings. The van der Waals surface area contributed by atoms with Crippen molar-refractivity contribution < 1.29 is 17.9 Å². The highest BCUT2D eigenvalue weighted by atomic mass is 32.1. The Labute approximate surface area is 95.4 Å². The van der Waals surface area contributed by atoms with Gasteiger partial charge in [-0.2, -0.15) is 13.2 Å². The molecular weight excluding hydrogens is 241 g/mol. The second-order valence-electron chi connectivity index (χ2n) is 3.18. The van der Waals surface area contributed by atoms with Crippen molar-refractivity contribution >= 4 is 11.3 Å². The lowest BCUT2D eigenvalue weighted by molar-refractivity contribution is -0.141. The zero-order valence-corrected chi connectivity index (χ0v) is 9.62. The summed E-state index contributed by atoms with van der Waals surface area (Å²) in [5.74, 6) is 0. The number of thiazole rings is 1. The molecule has 0 atom stereocenters. The summed E-state index contributed by atoms with van der Waals surface area (Å²) in [6.07, 6.45) is -3.27. The number of nitrogens with two attached hydrogens (primary N) is 1. The Morgan fingerprint density at radius 3 is 2.56 bits per heavy atom. The van der Waals surface area contributed by atoms with Crippen molar-refractivity contribution in [1.29, 1.82) is 0 Å². The summed E-state index contributed by atoms with van der Waals surface area (Å²) in [7, 11) is 1.55. The minimum Gasteiger partial charge on any atom is -0.385 e. The Balaban J connectivity index is 2.78. The zero-order valence-electron chi connectivity index (χ0n) is 8.80. The summed E-state index contributed by atoms with van der Waals surface area (Å²) in [5.41, 5.74) is 4.42. The van der Waals surface area contributed by atoms with Gasteiger partial charge in [-0.3, -0.25) is 0 Å². The molecule has 1 aromatic rings. The fraction of sp³-hybridized carbons (Fsp3) is 0.667. The molecule has 0 aromatic carbocycles. The molecule has 1 rings (SSSR count). The molecule has 2 N–H and O–H groups in total. The number of ether oxygens (including phenoxy) is 1. The molecule has 16 heavy (non-hydrogen) atoms. The molecule has 0 saturated heterocycles. The van der Waals surface area contributed by atoms with Gasteiger partial charge in [0, 0.05) is 26.7 Å². The van der Waals surface area contributed by atoms with Crippen LogP contribution in [-0.4, -0.2) is 18.7 Å². The first-order valence-corrected chi connectivity index (χ1v) is 5.55. The normalized spacial score (nSPS) is 12.1. The van der Waals surface area contributed by atoms with Gasteiger partial charge < -0.3 is 10.5 Å². The molecule has 0 spiro atoms. The first-order chi connectivity index (χ1) is 7.49. The first-order valence-electron chi connectivity index (χ1n) is 4.73. The number of methoxy groups -OCH3 is 1. The van der Waals surface area contributed by atoms with E-state index in [0.29, 0.717) is 24.5 Å². The van der Waals surface area contributed by atoms with E-state index in [1.54, 1.807) is 7.11 Å². The van der Waals surface area contributed by atoms with Crippen LogP contribution in [0.25, 0.3) is 0 Å². The molecule has 0 aliphatic carbocycles. The number of hydrogen-bond acceptors (Lipinski definition) is 4. The molecule has 0 unspecified atom stereocenters. The smallest absolute Gasteiger partial charge is 0.385 e. The van der Waals surface area contributed by atoms with Crippen LogP contribution in [-0.2, 0) is 23.9 Å². The summed E-state index contributed by atoms with van der Waals surface area (Å²) in [6.45, 7) is 0.385. The summed E-state index contributed by atoms with van der Waals surface area (Å²) in [6, 6.07) is 0. The quantitative estimate of drug-likeness (QED) is 0.819. The number of aryl methyl sites for hydroxylation is 1. The Kier molecular flexibility index (Phi) is 4.69. The lowest BCUT2D eigenvalue weighted by Gasteiger charge is -2.03. The molecule has 0 amide bonds. The number of aromatic nitrogens is 1. The van der Waals surface area contributed by atoms with E-state index in [1.165, 1.54) is 0 Å². The van der Waals surface area contributed by atoms with Crippen molar-refractivity contribution in [3.63, 3.8) is 0 Å². The largest absolute Gasteiger partial charge is 0.434 e. The highest BCUT2D eigenvalue weighted by Gasteiger charge is 2.36. The maximum Gasteiger partial charge on any atom is 0.434 e. The Bertz CT molecular complexity index is 338. The van der Waals surface area contributed by atoms with Gasteiger partial charge in [-0.25, -0.2) is 4.98 Å². The van der Waals surface area contributed by atoms with Crippen LogP contribution in [0.1, 0.15) is 22.0 Å². The van der Waals surface area contributed by atoms with E-state index < -0.39 is 11.9 Å². The standard InChI is InChI=1S/C9H13F3N2OS/c1-15-4-2-3-7-14-8(9(10,11)12)6(5-13)16-7/h2-5,13H2,1H3. The molecular formula is C9H13F3N2OS. The molecule has 0 radical (unpaired) electrons. The number of alkyl halides is 3. The van der Waals surface area contributed by atoms with E-state index in [9.17, 15) is 13.2 Å². The predicted octanol–water partition coefficient (Wildman–Crippen LogP) is 2.20. The van der Waals surface area contributed by atoms with E-state index in [0.717, 1.165) is 11.3 Å². The second kappa shape index (κ2) is 5.60. The Morgan fingerprint density at radius 2 is 2.12 bits per heavy atom. The van der Waals surface area contributed by atoms with E-state index >= 15 is 0 Å². The molecule has 0 fully saturated rings. The summed E-state index contributed by atoms with van der Waals surface area (Å²) in [4.78, 5) is 3.68. The van der Waals surface area contributed by atoms with Crippen molar-refractivity contribution in [3.05, 3.63) is 15.6 Å². The second-order valence-corrected chi connectivity index (χ2v) is 4.35. The zero-order chi connectivity index (χ0) is 12.2. The summed E-state index contributed by atoms with van der Waals surface area (Å²) in [5, 5.41) is 0.463. The highest BCUT2D eigenvalue weighted by Crippen LogP contribution is 2.34. The minimum absolute atomic E-state index is 0.0971. The van der Waals surface area contributed by atoms with Crippen LogP contribution in [0.15, 0.2) is 0 Å². The molecule has 0 aliphatic heterocycles.